The molecule has 0 unspecified atom stereocenters. The summed E-state index contributed by atoms with van der Waals surface area (Å²) in [7, 11) is 0. The van der Waals surface area contributed by atoms with Gasteiger partial charge in [0.15, 0.2) is 5.13 Å². The van der Waals surface area contributed by atoms with Crippen LogP contribution >= 0.6 is 11.3 Å². The van der Waals surface area contributed by atoms with Crippen molar-refractivity contribution in [1.29, 1.82) is 0 Å². The number of thiazole rings is 1. The summed E-state index contributed by atoms with van der Waals surface area (Å²) in [6, 6.07) is 5.64. The van der Waals surface area contributed by atoms with Crippen molar-refractivity contribution in [1.82, 2.24) is 9.88 Å². The minimum absolute atomic E-state index is 0.114. The molecule has 0 spiro atoms. The van der Waals surface area contributed by atoms with Crippen LogP contribution in [0.15, 0.2) is 29.6 Å². The molecule has 0 atom stereocenters. The molecule has 3 rings (SSSR count). The lowest BCUT2D eigenvalue weighted by Gasteiger charge is -2.29. The molecule has 154 valence electrons. The van der Waals surface area contributed by atoms with Crippen LogP contribution < -0.4 is 5.32 Å². The quantitative estimate of drug-likeness (QED) is 0.542. The predicted molar refractivity (Wildman–Crippen MR) is 111 cm³/mol. The molecule has 29 heavy (non-hydrogen) atoms. The second kappa shape index (κ2) is 9.60. The Morgan fingerprint density at radius 2 is 2.07 bits per heavy atom. The van der Waals surface area contributed by atoms with Gasteiger partial charge in [0.1, 0.15) is 6.54 Å². The average Bonchev–Trinajstić information content (AvgIpc) is 3.12. The fourth-order valence-electron chi connectivity index (χ4n) is 3.58. The molecule has 1 aromatic heterocycles. The largest absolute Gasteiger partial charge is 0.329 e. The Balaban J connectivity index is 1.75. The minimum atomic E-state index is -0.528. The number of nitro groups is 1. The van der Waals surface area contributed by atoms with Gasteiger partial charge in [0.05, 0.1) is 10.6 Å². The number of rotatable bonds is 7. The van der Waals surface area contributed by atoms with Gasteiger partial charge in [-0.05, 0) is 31.7 Å². The number of nitro benzene ring substituents is 1. The van der Waals surface area contributed by atoms with E-state index in [0.29, 0.717) is 17.6 Å². The number of amides is 2. The highest BCUT2D eigenvalue weighted by Crippen LogP contribution is 2.25. The molecule has 1 aliphatic rings. The third-order valence-electron chi connectivity index (χ3n) is 4.99. The first-order valence-corrected chi connectivity index (χ1v) is 10.6. The number of carbonyl (C=O) groups excluding carboxylic acids is 2. The molecule has 9 heteroatoms. The third-order valence-corrected chi connectivity index (χ3v) is 5.87. The first-order chi connectivity index (χ1) is 13.9. The molecule has 8 nitrogen and oxygen atoms in total. The molecule has 0 saturated heterocycles. The van der Waals surface area contributed by atoms with Gasteiger partial charge in [-0.1, -0.05) is 25.3 Å². The van der Waals surface area contributed by atoms with Gasteiger partial charge in [0, 0.05) is 29.6 Å². The zero-order valence-corrected chi connectivity index (χ0v) is 17.1. The molecule has 1 aliphatic carbocycles. The van der Waals surface area contributed by atoms with Crippen molar-refractivity contribution in [2.75, 3.05) is 18.4 Å². The van der Waals surface area contributed by atoms with E-state index in [2.05, 4.69) is 10.3 Å². The number of anilines is 1. The Hall–Kier alpha value is -2.81. The van der Waals surface area contributed by atoms with Crippen LogP contribution in [0, 0.1) is 23.0 Å². The van der Waals surface area contributed by atoms with Crippen molar-refractivity contribution in [3.8, 4) is 0 Å². The summed E-state index contributed by atoms with van der Waals surface area (Å²) in [6.07, 6.45) is 5.47. The molecule has 1 fully saturated rings. The van der Waals surface area contributed by atoms with E-state index in [1.807, 2.05) is 12.3 Å². The van der Waals surface area contributed by atoms with Gasteiger partial charge in [-0.15, -0.1) is 11.3 Å². The molecule has 1 saturated carbocycles. The molecular formula is C20H24N4O4S. The number of nitrogens with zero attached hydrogens (tertiary/aromatic N) is 3. The van der Waals surface area contributed by atoms with Crippen LogP contribution in [-0.4, -0.2) is 39.7 Å². The zero-order valence-electron chi connectivity index (χ0n) is 16.3. The van der Waals surface area contributed by atoms with Crippen LogP contribution in [0.5, 0.6) is 0 Å². The maximum Gasteiger partial charge on any atom is 0.270 e. The summed E-state index contributed by atoms with van der Waals surface area (Å²) in [4.78, 5) is 41.9. The van der Waals surface area contributed by atoms with Crippen LogP contribution in [0.2, 0.25) is 0 Å². The lowest BCUT2D eigenvalue weighted by Crippen LogP contribution is -2.41. The molecule has 0 bridgehead atoms. The fourth-order valence-corrected chi connectivity index (χ4v) is 4.28. The second-order valence-corrected chi connectivity index (χ2v) is 8.20. The molecule has 2 aromatic rings. The number of nitrogens with one attached hydrogen (secondary N) is 1. The summed E-state index contributed by atoms with van der Waals surface area (Å²) in [6.45, 7) is 2.19. The van der Waals surface area contributed by atoms with Crippen molar-refractivity contribution >= 4 is 34.0 Å². The topological polar surface area (TPSA) is 105 Å². The molecule has 1 heterocycles. The zero-order chi connectivity index (χ0) is 20.8. The van der Waals surface area contributed by atoms with Crippen LogP contribution in [0.3, 0.4) is 0 Å². The van der Waals surface area contributed by atoms with Crippen molar-refractivity contribution in [2.24, 2.45) is 5.92 Å². The number of aromatic nitrogens is 1. The third kappa shape index (κ3) is 5.83. The molecule has 2 amide bonds. The van der Waals surface area contributed by atoms with Crippen molar-refractivity contribution in [2.45, 2.75) is 39.0 Å². The Morgan fingerprint density at radius 3 is 2.72 bits per heavy atom. The maximum atomic E-state index is 13.1. The van der Waals surface area contributed by atoms with Crippen LogP contribution in [0.25, 0.3) is 0 Å². The minimum Gasteiger partial charge on any atom is -0.329 e. The Morgan fingerprint density at radius 1 is 1.31 bits per heavy atom. The number of carbonyl (C=O) groups is 2. The van der Waals surface area contributed by atoms with E-state index >= 15 is 0 Å². The summed E-state index contributed by atoms with van der Waals surface area (Å²) in [5, 5.41) is 16.1. The Labute approximate surface area is 173 Å². The van der Waals surface area contributed by atoms with Gasteiger partial charge in [0.25, 0.3) is 11.6 Å². The Bertz CT molecular complexity index is 892. The average molecular weight is 417 g/mol. The van der Waals surface area contributed by atoms with E-state index in [-0.39, 0.29) is 29.6 Å². The molecule has 0 radical (unpaired) electrons. The van der Waals surface area contributed by atoms with E-state index in [4.69, 9.17) is 0 Å². The smallest absolute Gasteiger partial charge is 0.270 e. The van der Waals surface area contributed by atoms with Gasteiger partial charge in [-0.3, -0.25) is 19.7 Å². The lowest BCUT2D eigenvalue weighted by atomic mass is 9.89. The van der Waals surface area contributed by atoms with E-state index in [0.717, 1.165) is 31.4 Å². The van der Waals surface area contributed by atoms with E-state index in [1.165, 1.54) is 40.9 Å². The summed E-state index contributed by atoms with van der Waals surface area (Å²) in [5.41, 5.74) is 0.890. The number of aryl methyl sites for hydroxylation is 1. The van der Waals surface area contributed by atoms with Gasteiger partial charge in [-0.25, -0.2) is 4.98 Å². The van der Waals surface area contributed by atoms with Gasteiger partial charge < -0.3 is 10.2 Å². The lowest BCUT2D eigenvalue weighted by molar-refractivity contribution is -0.384. The molecule has 0 aliphatic heterocycles. The van der Waals surface area contributed by atoms with Gasteiger partial charge in [0.2, 0.25) is 5.91 Å². The van der Waals surface area contributed by atoms with Gasteiger partial charge in [-0.2, -0.15) is 0 Å². The number of benzene rings is 1. The number of non-ortho nitro benzene ring substituents is 1. The number of hydrogen-bond donors (Lipinski definition) is 1. The summed E-state index contributed by atoms with van der Waals surface area (Å²) >= 11 is 1.33. The first kappa shape index (κ1) is 20.9. The molecule has 1 N–H and O–H groups in total. The molecule has 1 aromatic carbocycles. The van der Waals surface area contributed by atoms with E-state index < -0.39 is 4.92 Å². The molecular weight excluding hydrogens is 392 g/mol. The van der Waals surface area contributed by atoms with Crippen LogP contribution in [0.1, 0.15) is 48.2 Å². The first-order valence-electron chi connectivity index (χ1n) is 9.68. The highest BCUT2D eigenvalue weighted by molar-refractivity contribution is 7.13. The van der Waals surface area contributed by atoms with E-state index in [1.54, 1.807) is 6.07 Å². The normalized spacial score (nSPS) is 14.4. The highest BCUT2D eigenvalue weighted by Gasteiger charge is 2.25. The van der Waals surface area contributed by atoms with Crippen LogP contribution in [-0.2, 0) is 4.79 Å². The van der Waals surface area contributed by atoms with Crippen molar-refractivity contribution in [3.05, 3.63) is 51.0 Å². The van der Waals surface area contributed by atoms with Gasteiger partial charge >= 0.3 is 0 Å². The van der Waals surface area contributed by atoms with Crippen LogP contribution in [0.4, 0.5) is 10.8 Å². The predicted octanol–water partition coefficient (Wildman–Crippen LogP) is 4.02. The number of hydrogen-bond acceptors (Lipinski definition) is 6. The Kier molecular flexibility index (Phi) is 6.92. The fraction of sp³-hybridized carbons (Fsp3) is 0.450. The summed E-state index contributed by atoms with van der Waals surface area (Å²) < 4.78 is 0. The van der Waals surface area contributed by atoms with E-state index in [9.17, 15) is 19.7 Å². The summed E-state index contributed by atoms with van der Waals surface area (Å²) in [5.74, 6) is -0.361. The second-order valence-electron chi connectivity index (χ2n) is 7.34. The monoisotopic (exact) mass is 416 g/mol. The SMILES string of the molecule is Cc1csc(NC(=O)CN(CC2CCCCC2)C(=O)c2cccc([N+](=O)[O-])c2)n1. The van der Waals surface area contributed by atoms with Crippen molar-refractivity contribution in [3.63, 3.8) is 0 Å². The highest BCUT2D eigenvalue weighted by atomic mass is 32.1. The maximum absolute atomic E-state index is 13.1. The standard InChI is InChI=1S/C20H24N4O4S/c1-14-13-29-20(21-14)22-18(25)12-23(11-15-6-3-2-4-7-15)19(26)16-8-5-9-17(10-16)24(27)28/h5,8-10,13,15H,2-4,6-7,11-12H2,1H3,(H,21,22,25). The van der Waals surface area contributed by atoms with Crippen molar-refractivity contribution < 1.29 is 14.5 Å².